The first-order valence-corrected chi connectivity index (χ1v) is 3.88. The summed E-state index contributed by atoms with van der Waals surface area (Å²) in [6.45, 7) is 5.34. The fourth-order valence-corrected chi connectivity index (χ4v) is 1.67. The maximum Gasteiger partial charge on any atom is 0.171 e. The van der Waals surface area contributed by atoms with Crippen molar-refractivity contribution < 1.29 is 17.2 Å². The van der Waals surface area contributed by atoms with Gasteiger partial charge in [-0.05, 0) is 13.8 Å². The van der Waals surface area contributed by atoms with Gasteiger partial charge < -0.3 is 12.4 Å². The maximum absolute atomic E-state index is 10.8. The second kappa shape index (κ2) is 3.83. The molecular formula is C7H9ClNOS-. The smallest absolute Gasteiger partial charge is 0.171 e. The molecule has 4 heteroatoms. The van der Waals surface area contributed by atoms with Crippen LogP contribution in [0.25, 0.3) is 0 Å². The van der Waals surface area contributed by atoms with Crippen LogP contribution in [0.4, 0.5) is 0 Å². The Balaban J connectivity index is 0.000001000. The molecular weight excluding hydrogens is 182 g/mol. The Labute approximate surface area is 76.1 Å². The van der Waals surface area contributed by atoms with E-state index < -0.39 is 0 Å². The highest BCUT2D eigenvalue weighted by Gasteiger charge is 2.07. The van der Waals surface area contributed by atoms with Crippen molar-refractivity contribution in [1.82, 2.24) is 4.98 Å². The molecule has 0 bridgehead atoms. The lowest BCUT2D eigenvalue weighted by atomic mass is 10.3. The molecule has 0 radical (unpaired) electrons. The van der Waals surface area contributed by atoms with Gasteiger partial charge in [0, 0.05) is 6.92 Å². The Bertz CT molecular complexity index is 269. The molecule has 0 aliphatic rings. The van der Waals surface area contributed by atoms with Gasteiger partial charge in [-0.2, -0.15) is 0 Å². The van der Waals surface area contributed by atoms with Crippen LogP contribution in [-0.4, -0.2) is 10.8 Å². The van der Waals surface area contributed by atoms with Crippen LogP contribution >= 0.6 is 11.3 Å². The van der Waals surface area contributed by atoms with Crippen LogP contribution in [-0.2, 0) is 0 Å². The Morgan fingerprint density at radius 2 is 2.00 bits per heavy atom. The summed E-state index contributed by atoms with van der Waals surface area (Å²) in [6.07, 6.45) is 0. The molecule has 1 rings (SSSR count). The summed E-state index contributed by atoms with van der Waals surface area (Å²) in [5.74, 6) is 0.114. The van der Waals surface area contributed by atoms with Crippen molar-refractivity contribution in [3.05, 3.63) is 15.6 Å². The lowest BCUT2D eigenvalue weighted by Gasteiger charge is -1.85. The van der Waals surface area contributed by atoms with Crippen molar-refractivity contribution in [3.63, 3.8) is 0 Å². The van der Waals surface area contributed by atoms with Crippen molar-refractivity contribution in [2.45, 2.75) is 20.8 Å². The summed E-state index contributed by atoms with van der Waals surface area (Å²) in [4.78, 5) is 15.8. The van der Waals surface area contributed by atoms with E-state index in [4.69, 9.17) is 0 Å². The van der Waals surface area contributed by atoms with E-state index in [9.17, 15) is 4.79 Å². The predicted octanol–water partition coefficient (Wildman–Crippen LogP) is -1.03. The number of halogens is 1. The van der Waals surface area contributed by atoms with Crippen LogP contribution in [0, 0.1) is 13.8 Å². The number of hydrogen-bond donors (Lipinski definition) is 0. The summed E-state index contributed by atoms with van der Waals surface area (Å²) < 4.78 is 0. The van der Waals surface area contributed by atoms with Crippen LogP contribution in [0.2, 0.25) is 0 Å². The number of aryl methyl sites for hydroxylation is 2. The third-order valence-corrected chi connectivity index (χ3v) is 2.40. The summed E-state index contributed by atoms with van der Waals surface area (Å²) in [5.41, 5.74) is 0.856. The first-order chi connectivity index (χ1) is 4.61. The van der Waals surface area contributed by atoms with Gasteiger partial charge in [0.15, 0.2) is 5.78 Å². The van der Waals surface area contributed by atoms with Crippen molar-refractivity contribution in [3.8, 4) is 0 Å². The quantitative estimate of drug-likeness (QED) is 0.530. The normalized spacial score (nSPS) is 9.00. The third kappa shape index (κ3) is 2.27. The molecule has 0 fully saturated rings. The Hall–Kier alpha value is -0.410. The minimum absolute atomic E-state index is 0. The molecule has 1 aromatic rings. The second-order valence-electron chi connectivity index (χ2n) is 2.20. The van der Waals surface area contributed by atoms with Crippen molar-refractivity contribution >= 4 is 17.1 Å². The standard InChI is InChI=1S/C7H9NOS.ClH/c1-4-7(5(2)9)10-6(3)8-4;/h1-3H3;1H/p-1. The van der Waals surface area contributed by atoms with Crippen LogP contribution in [0.3, 0.4) is 0 Å². The zero-order valence-electron chi connectivity index (χ0n) is 6.64. The fourth-order valence-electron chi connectivity index (χ4n) is 0.858. The van der Waals surface area contributed by atoms with Crippen LogP contribution in [0.5, 0.6) is 0 Å². The molecule has 0 unspecified atom stereocenters. The van der Waals surface area contributed by atoms with E-state index in [-0.39, 0.29) is 18.2 Å². The fraction of sp³-hybridized carbons (Fsp3) is 0.429. The molecule has 0 amide bonds. The number of rotatable bonds is 1. The zero-order chi connectivity index (χ0) is 7.72. The number of thiazole rings is 1. The molecule has 0 N–H and O–H groups in total. The molecule has 0 saturated carbocycles. The topological polar surface area (TPSA) is 30.0 Å². The summed E-state index contributed by atoms with van der Waals surface area (Å²) in [6, 6.07) is 0. The second-order valence-corrected chi connectivity index (χ2v) is 3.41. The molecule has 0 aliphatic carbocycles. The van der Waals surface area contributed by atoms with Crippen molar-refractivity contribution in [2.75, 3.05) is 0 Å². The number of carbonyl (C=O) groups excluding carboxylic acids is 1. The van der Waals surface area contributed by atoms with Crippen LogP contribution < -0.4 is 12.4 Å². The van der Waals surface area contributed by atoms with Gasteiger partial charge in [-0.15, -0.1) is 11.3 Å². The number of ketones is 1. The molecule has 0 aliphatic heterocycles. The van der Waals surface area contributed by atoms with E-state index in [2.05, 4.69) is 4.98 Å². The molecule has 62 valence electrons. The van der Waals surface area contributed by atoms with Gasteiger partial charge in [-0.25, -0.2) is 4.98 Å². The average molecular weight is 191 g/mol. The van der Waals surface area contributed by atoms with E-state index in [1.807, 2.05) is 13.8 Å². The van der Waals surface area contributed by atoms with Crippen LogP contribution in [0.15, 0.2) is 0 Å². The van der Waals surface area contributed by atoms with E-state index in [0.29, 0.717) is 0 Å². The first-order valence-electron chi connectivity index (χ1n) is 3.06. The van der Waals surface area contributed by atoms with E-state index in [1.165, 1.54) is 11.3 Å². The molecule has 0 atom stereocenters. The van der Waals surface area contributed by atoms with Gasteiger partial charge in [-0.3, -0.25) is 4.79 Å². The predicted molar refractivity (Wildman–Crippen MR) is 41.6 cm³/mol. The lowest BCUT2D eigenvalue weighted by molar-refractivity contribution is -0.0000105. The molecule has 0 spiro atoms. The van der Waals surface area contributed by atoms with Crippen LogP contribution in [0.1, 0.15) is 27.3 Å². The number of carbonyl (C=O) groups is 1. The maximum atomic E-state index is 10.8. The number of aromatic nitrogens is 1. The first kappa shape index (κ1) is 10.6. The van der Waals surface area contributed by atoms with E-state index in [0.717, 1.165) is 15.6 Å². The summed E-state index contributed by atoms with van der Waals surface area (Å²) >= 11 is 1.46. The third-order valence-electron chi connectivity index (χ3n) is 1.22. The molecule has 1 heterocycles. The van der Waals surface area contributed by atoms with Gasteiger partial charge in [0.1, 0.15) is 0 Å². The van der Waals surface area contributed by atoms with Gasteiger partial charge in [-0.1, -0.05) is 0 Å². The van der Waals surface area contributed by atoms with Gasteiger partial charge in [0.05, 0.1) is 15.6 Å². The number of nitrogens with zero attached hydrogens (tertiary/aromatic N) is 1. The Kier molecular flexibility index (Phi) is 3.69. The zero-order valence-corrected chi connectivity index (χ0v) is 8.21. The van der Waals surface area contributed by atoms with Crippen molar-refractivity contribution in [2.24, 2.45) is 0 Å². The average Bonchev–Trinajstić information content (AvgIpc) is 2.10. The highest BCUT2D eigenvalue weighted by Crippen LogP contribution is 2.16. The molecule has 1 aromatic heterocycles. The molecule has 0 aromatic carbocycles. The van der Waals surface area contributed by atoms with Gasteiger partial charge in [0.25, 0.3) is 0 Å². The Morgan fingerprint density at radius 1 is 1.45 bits per heavy atom. The van der Waals surface area contributed by atoms with E-state index in [1.54, 1.807) is 6.92 Å². The van der Waals surface area contributed by atoms with E-state index >= 15 is 0 Å². The number of hydrogen-bond acceptors (Lipinski definition) is 3. The molecule has 2 nitrogen and oxygen atoms in total. The SMILES string of the molecule is CC(=O)c1sc(C)nc1C.[Cl-]. The van der Waals surface area contributed by atoms with Gasteiger partial charge >= 0.3 is 0 Å². The monoisotopic (exact) mass is 190 g/mol. The lowest BCUT2D eigenvalue weighted by Crippen LogP contribution is -3.00. The summed E-state index contributed by atoms with van der Waals surface area (Å²) in [7, 11) is 0. The summed E-state index contributed by atoms with van der Waals surface area (Å²) in [5, 5.41) is 0.961. The highest BCUT2D eigenvalue weighted by molar-refractivity contribution is 7.13. The molecule has 11 heavy (non-hydrogen) atoms. The largest absolute Gasteiger partial charge is 1.00 e. The minimum Gasteiger partial charge on any atom is -1.00 e. The molecule has 0 saturated heterocycles. The van der Waals surface area contributed by atoms with Gasteiger partial charge in [0.2, 0.25) is 0 Å². The number of Topliss-reactive ketones (excluding diaryl/α,β-unsaturated/α-hetero) is 1. The van der Waals surface area contributed by atoms with Crippen molar-refractivity contribution in [1.29, 1.82) is 0 Å². The minimum atomic E-state index is 0. The Morgan fingerprint density at radius 3 is 2.18 bits per heavy atom. The highest BCUT2D eigenvalue weighted by atomic mass is 35.5.